The second-order valence-electron chi connectivity index (χ2n) is 9.16. The van der Waals surface area contributed by atoms with E-state index in [0.717, 1.165) is 24.8 Å². The van der Waals surface area contributed by atoms with Gasteiger partial charge in [-0.1, -0.05) is 76.1 Å². The molecule has 0 aliphatic carbocycles. The fraction of sp³-hybridized carbons (Fsp3) is 0.464. The van der Waals surface area contributed by atoms with Crippen molar-refractivity contribution >= 4 is 30.4 Å². The van der Waals surface area contributed by atoms with Gasteiger partial charge < -0.3 is 20.1 Å². The molecule has 2 atom stereocenters. The number of nitrogens with one attached hydrogen (secondary N) is 1. The van der Waals surface area contributed by atoms with Crippen molar-refractivity contribution in [1.82, 2.24) is 10.2 Å². The Kier molecular flexibility index (Phi) is 12.3. The lowest BCUT2D eigenvalue weighted by Gasteiger charge is -2.24. The summed E-state index contributed by atoms with van der Waals surface area (Å²) in [6.45, 7) is 6.96. The third kappa shape index (κ3) is 9.22. The number of amides is 2. The number of nitrogens with zero attached hydrogens (tertiary/aromatic N) is 1. The molecule has 36 heavy (non-hydrogen) atoms. The van der Waals surface area contributed by atoms with Crippen LogP contribution in [0.15, 0.2) is 54.6 Å². The molecule has 2 amide bonds. The van der Waals surface area contributed by atoms with Crippen molar-refractivity contribution < 1.29 is 24.2 Å². The number of carbonyl (C=O) groups is 3. The summed E-state index contributed by atoms with van der Waals surface area (Å²) in [4.78, 5) is 38.9. The minimum absolute atomic E-state index is 0.0550. The van der Waals surface area contributed by atoms with Gasteiger partial charge in [-0.3, -0.25) is 9.59 Å². The molecule has 0 aliphatic heterocycles. The molecule has 2 N–H and O–H groups in total. The average Bonchev–Trinajstić information content (AvgIpc) is 2.86. The first-order valence-corrected chi connectivity index (χ1v) is 13.1. The van der Waals surface area contributed by atoms with Crippen molar-refractivity contribution in [2.75, 3.05) is 18.8 Å². The van der Waals surface area contributed by atoms with E-state index in [-0.39, 0.29) is 30.2 Å². The Labute approximate surface area is 219 Å². The molecule has 0 heterocycles. The van der Waals surface area contributed by atoms with Gasteiger partial charge in [0.1, 0.15) is 5.75 Å². The van der Waals surface area contributed by atoms with Crippen LogP contribution in [-0.4, -0.2) is 46.6 Å². The molecule has 0 bridgehead atoms. The third-order valence-corrected chi connectivity index (χ3v) is 6.41. The average molecular weight is 515 g/mol. The minimum Gasteiger partial charge on any atom is -0.478 e. The van der Waals surface area contributed by atoms with Crippen molar-refractivity contribution in [1.29, 1.82) is 0 Å². The smallest absolute Gasteiger partial charge is 0.349 e. The van der Waals surface area contributed by atoms with E-state index in [1.54, 1.807) is 41.3 Å². The lowest BCUT2D eigenvalue weighted by atomic mass is 9.97. The Morgan fingerprint density at radius 3 is 2.25 bits per heavy atom. The van der Waals surface area contributed by atoms with Gasteiger partial charge in [0.15, 0.2) is 0 Å². The molecule has 0 fully saturated rings. The van der Waals surface area contributed by atoms with E-state index in [0.29, 0.717) is 30.2 Å². The van der Waals surface area contributed by atoms with E-state index >= 15 is 0 Å². The topological polar surface area (TPSA) is 95.9 Å². The lowest BCUT2D eigenvalue weighted by Crippen LogP contribution is -2.43. The number of ether oxygens (including phenoxy) is 1. The summed E-state index contributed by atoms with van der Waals surface area (Å²) >= 11 is 4.26. The van der Waals surface area contributed by atoms with E-state index in [2.05, 4.69) is 24.9 Å². The molecular formula is C28H38N2O5S. The standard InChI is InChI=1S/C28H38N2O5S/c1-4-5-9-16-30(25(31)17-29-27(32)24(19-36)20(2)3)18-21-12-14-23(15-13-21)35-26(28(33)34)22-10-7-6-8-11-22/h6-8,10-15,20,24,26,36H,4-5,9,16-19H2,1-3H3,(H,29,32)(H,33,34). The van der Waals surface area contributed by atoms with Crippen LogP contribution >= 0.6 is 12.6 Å². The zero-order chi connectivity index (χ0) is 26.5. The monoisotopic (exact) mass is 514 g/mol. The molecule has 2 rings (SSSR count). The number of hydrogen-bond acceptors (Lipinski definition) is 5. The zero-order valence-electron chi connectivity index (χ0n) is 21.4. The van der Waals surface area contributed by atoms with Gasteiger partial charge in [0.2, 0.25) is 17.9 Å². The largest absolute Gasteiger partial charge is 0.478 e. The molecule has 0 aromatic heterocycles. The lowest BCUT2D eigenvalue weighted by molar-refractivity contribution is -0.145. The van der Waals surface area contributed by atoms with Gasteiger partial charge in [0.25, 0.3) is 0 Å². The quantitative estimate of drug-likeness (QED) is 0.236. The summed E-state index contributed by atoms with van der Waals surface area (Å²) in [5.74, 6) is -0.616. The van der Waals surface area contributed by atoms with E-state index in [9.17, 15) is 19.5 Å². The van der Waals surface area contributed by atoms with Gasteiger partial charge in [-0.15, -0.1) is 0 Å². The highest BCUT2D eigenvalue weighted by molar-refractivity contribution is 7.80. The van der Waals surface area contributed by atoms with Crippen molar-refractivity contribution in [2.24, 2.45) is 11.8 Å². The Morgan fingerprint density at radius 2 is 1.69 bits per heavy atom. The maximum absolute atomic E-state index is 13.0. The predicted molar refractivity (Wildman–Crippen MR) is 144 cm³/mol. The number of aliphatic carboxylic acids is 1. The summed E-state index contributed by atoms with van der Waals surface area (Å²) in [6.07, 6.45) is 1.81. The van der Waals surface area contributed by atoms with Gasteiger partial charge in [-0.05, 0) is 30.0 Å². The summed E-state index contributed by atoms with van der Waals surface area (Å²) in [5, 5.41) is 12.4. The van der Waals surface area contributed by atoms with Crippen LogP contribution in [0.25, 0.3) is 0 Å². The number of rotatable bonds is 15. The molecule has 2 unspecified atom stereocenters. The summed E-state index contributed by atoms with van der Waals surface area (Å²) in [7, 11) is 0. The number of hydrogen-bond donors (Lipinski definition) is 3. The molecule has 0 spiro atoms. The fourth-order valence-electron chi connectivity index (χ4n) is 3.77. The molecule has 7 nitrogen and oxygen atoms in total. The highest BCUT2D eigenvalue weighted by Crippen LogP contribution is 2.23. The first kappa shape index (κ1) is 29.2. The Morgan fingerprint density at radius 1 is 1.03 bits per heavy atom. The van der Waals surface area contributed by atoms with Crippen LogP contribution in [0.3, 0.4) is 0 Å². The van der Waals surface area contributed by atoms with Crippen molar-refractivity contribution in [3.8, 4) is 5.75 Å². The van der Waals surface area contributed by atoms with E-state index in [4.69, 9.17) is 4.74 Å². The van der Waals surface area contributed by atoms with E-state index < -0.39 is 12.1 Å². The third-order valence-electron chi connectivity index (χ3n) is 6.01. The molecule has 196 valence electrons. The number of carbonyl (C=O) groups excluding carboxylic acids is 2. The molecule has 0 radical (unpaired) electrons. The van der Waals surface area contributed by atoms with Crippen LogP contribution in [0.4, 0.5) is 0 Å². The molecule has 2 aromatic carbocycles. The Balaban J connectivity index is 2.05. The number of thiol groups is 1. The molecule has 0 aliphatic rings. The maximum atomic E-state index is 13.0. The Hall–Kier alpha value is -3.00. The molecular weight excluding hydrogens is 476 g/mol. The molecule has 2 aromatic rings. The van der Waals surface area contributed by atoms with Crippen molar-refractivity contribution in [3.05, 3.63) is 65.7 Å². The van der Waals surface area contributed by atoms with Crippen LogP contribution < -0.4 is 10.1 Å². The Bertz CT molecular complexity index is 966. The number of benzene rings is 2. The normalized spacial score (nSPS) is 12.6. The van der Waals surface area contributed by atoms with E-state index in [1.165, 1.54) is 0 Å². The molecule has 8 heteroatoms. The van der Waals surface area contributed by atoms with Crippen LogP contribution in [-0.2, 0) is 20.9 Å². The van der Waals surface area contributed by atoms with Gasteiger partial charge >= 0.3 is 5.97 Å². The number of carboxylic acid groups (broad SMARTS) is 1. The van der Waals surface area contributed by atoms with Crippen LogP contribution in [0, 0.1) is 11.8 Å². The van der Waals surface area contributed by atoms with Crippen LogP contribution in [0.1, 0.15) is 57.3 Å². The van der Waals surface area contributed by atoms with Crippen molar-refractivity contribution in [3.63, 3.8) is 0 Å². The van der Waals surface area contributed by atoms with Gasteiger partial charge in [-0.2, -0.15) is 12.6 Å². The minimum atomic E-state index is -1.11. The SMILES string of the molecule is CCCCCN(Cc1ccc(OC(C(=O)O)c2ccccc2)cc1)C(=O)CNC(=O)C(CS)C(C)C. The van der Waals surface area contributed by atoms with Crippen LogP contribution in [0.5, 0.6) is 5.75 Å². The number of carboxylic acids is 1. The first-order valence-electron chi connectivity index (χ1n) is 12.5. The predicted octanol–water partition coefficient (Wildman–Crippen LogP) is 4.73. The highest BCUT2D eigenvalue weighted by atomic mass is 32.1. The van der Waals surface area contributed by atoms with Gasteiger partial charge in [-0.25, -0.2) is 4.79 Å². The summed E-state index contributed by atoms with van der Waals surface area (Å²) in [6, 6.07) is 15.9. The summed E-state index contributed by atoms with van der Waals surface area (Å²) in [5.41, 5.74) is 1.45. The van der Waals surface area contributed by atoms with Crippen LogP contribution in [0.2, 0.25) is 0 Å². The van der Waals surface area contributed by atoms with Gasteiger partial charge in [0, 0.05) is 30.3 Å². The maximum Gasteiger partial charge on any atom is 0.349 e. The van der Waals surface area contributed by atoms with Crippen molar-refractivity contribution in [2.45, 2.75) is 52.7 Å². The first-order chi connectivity index (χ1) is 17.3. The molecule has 0 saturated carbocycles. The molecule has 0 saturated heterocycles. The fourth-order valence-corrected chi connectivity index (χ4v) is 4.35. The summed E-state index contributed by atoms with van der Waals surface area (Å²) < 4.78 is 5.73. The number of unbranched alkanes of at least 4 members (excludes halogenated alkanes) is 2. The second kappa shape index (κ2) is 15.2. The zero-order valence-corrected chi connectivity index (χ0v) is 22.2. The highest BCUT2D eigenvalue weighted by Gasteiger charge is 2.23. The van der Waals surface area contributed by atoms with E-state index in [1.807, 2.05) is 32.0 Å². The van der Waals surface area contributed by atoms with Gasteiger partial charge in [0.05, 0.1) is 6.54 Å². The second-order valence-corrected chi connectivity index (χ2v) is 9.53.